The Labute approximate surface area is 260 Å². The van der Waals surface area contributed by atoms with Crippen molar-refractivity contribution in [2.45, 2.75) is 30.3 Å². The van der Waals surface area contributed by atoms with Gasteiger partial charge in [0.1, 0.15) is 0 Å². The Morgan fingerprint density at radius 1 is 0.818 bits per heavy atom. The van der Waals surface area contributed by atoms with E-state index in [-0.39, 0.29) is 10.6 Å². The molecule has 0 aliphatic rings. The van der Waals surface area contributed by atoms with Gasteiger partial charge in [-0.25, -0.2) is 8.42 Å². The summed E-state index contributed by atoms with van der Waals surface area (Å²) in [6.45, 7) is 4.00. The summed E-state index contributed by atoms with van der Waals surface area (Å²) >= 11 is 1.17. The van der Waals surface area contributed by atoms with Crippen LogP contribution in [0.25, 0.3) is 17.1 Å². The standard InChI is InChI=1S/C32H30N6O4S2/c1-3-23-11-19-27(20-12-23)38-30(24-15-17-26(18-16-24)37-44(41,42)28-7-5-4-6-8-28)34-36-32(38)43-21-29(39)33-35-31(40)25-13-9-22(2)10-14-25/h4-20,37H,3,21H2,1-2H3,(H,33,39)(H,35,40). The molecule has 0 radical (unpaired) electrons. The highest BCUT2D eigenvalue weighted by Gasteiger charge is 2.19. The van der Waals surface area contributed by atoms with Crippen LogP contribution in [-0.2, 0) is 21.2 Å². The number of hydrazine groups is 1. The van der Waals surface area contributed by atoms with E-state index in [9.17, 15) is 18.0 Å². The molecule has 10 nitrogen and oxygen atoms in total. The van der Waals surface area contributed by atoms with Crippen molar-refractivity contribution in [3.8, 4) is 17.1 Å². The number of aromatic nitrogens is 3. The number of thioether (sulfide) groups is 1. The molecule has 1 heterocycles. The molecule has 3 N–H and O–H groups in total. The first-order valence-electron chi connectivity index (χ1n) is 13.7. The molecule has 0 fully saturated rings. The van der Waals surface area contributed by atoms with Gasteiger partial charge in [0, 0.05) is 22.5 Å². The molecule has 12 heteroatoms. The second-order valence-corrected chi connectivity index (χ2v) is 12.4. The van der Waals surface area contributed by atoms with Crippen molar-refractivity contribution in [3.05, 3.63) is 120 Å². The smallest absolute Gasteiger partial charge is 0.269 e. The second kappa shape index (κ2) is 13.6. The van der Waals surface area contributed by atoms with Crippen LogP contribution in [0.2, 0.25) is 0 Å². The summed E-state index contributed by atoms with van der Waals surface area (Å²) in [5, 5.41) is 9.23. The van der Waals surface area contributed by atoms with Crippen LogP contribution in [0.15, 0.2) is 113 Å². The number of nitrogens with one attached hydrogen (secondary N) is 3. The Balaban J connectivity index is 1.33. The zero-order valence-electron chi connectivity index (χ0n) is 24.0. The first-order valence-corrected chi connectivity index (χ1v) is 16.2. The SMILES string of the molecule is CCc1ccc(-n2c(SCC(=O)NNC(=O)c3ccc(C)cc3)nnc2-c2ccc(NS(=O)(=O)c3ccccc3)cc2)cc1. The highest BCUT2D eigenvalue weighted by molar-refractivity contribution is 7.99. The summed E-state index contributed by atoms with van der Waals surface area (Å²) in [5.41, 5.74) is 9.39. The van der Waals surface area contributed by atoms with Crippen molar-refractivity contribution >= 4 is 39.3 Å². The summed E-state index contributed by atoms with van der Waals surface area (Å²) in [4.78, 5) is 25.1. The van der Waals surface area contributed by atoms with Crippen molar-refractivity contribution in [2.24, 2.45) is 0 Å². The largest absolute Gasteiger partial charge is 0.280 e. The van der Waals surface area contributed by atoms with Gasteiger partial charge in [-0.15, -0.1) is 10.2 Å². The van der Waals surface area contributed by atoms with E-state index in [1.165, 1.54) is 23.9 Å². The molecule has 0 saturated carbocycles. The normalized spacial score (nSPS) is 11.1. The summed E-state index contributed by atoms with van der Waals surface area (Å²) in [7, 11) is -3.74. The molecule has 44 heavy (non-hydrogen) atoms. The molecule has 4 aromatic carbocycles. The number of hydrogen-bond acceptors (Lipinski definition) is 7. The summed E-state index contributed by atoms with van der Waals surface area (Å²) in [6.07, 6.45) is 0.881. The number of aryl methyl sites for hydroxylation is 2. The van der Waals surface area contributed by atoms with Crippen molar-refractivity contribution < 1.29 is 18.0 Å². The minimum absolute atomic E-state index is 0.0282. The van der Waals surface area contributed by atoms with Crippen LogP contribution >= 0.6 is 11.8 Å². The molecule has 224 valence electrons. The Morgan fingerprint density at radius 2 is 1.50 bits per heavy atom. The van der Waals surface area contributed by atoms with Crippen molar-refractivity contribution in [1.82, 2.24) is 25.6 Å². The predicted molar refractivity (Wildman–Crippen MR) is 171 cm³/mol. The van der Waals surface area contributed by atoms with Crippen LogP contribution in [0.1, 0.15) is 28.4 Å². The molecule has 2 amide bonds. The van der Waals surface area contributed by atoms with Gasteiger partial charge in [-0.05, 0) is 79.6 Å². The van der Waals surface area contributed by atoms with Crippen LogP contribution in [0.5, 0.6) is 0 Å². The van der Waals surface area contributed by atoms with Gasteiger partial charge in [0.05, 0.1) is 10.6 Å². The number of amides is 2. The van der Waals surface area contributed by atoms with E-state index in [2.05, 4.69) is 32.7 Å². The highest BCUT2D eigenvalue weighted by Crippen LogP contribution is 2.29. The first-order chi connectivity index (χ1) is 21.2. The number of carbonyl (C=O) groups excluding carboxylic acids is 2. The second-order valence-electron chi connectivity index (χ2n) is 9.81. The Morgan fingerprint density at radius 3 is 2.16 bits per heavy atom. The number of nitrogens with zero attached hydrogens (tertiary/aromatic N) is 3. The first kappa shape index (κ1) is 30.5. The maximum Gasteiger partial charge on any atom is 0.269 e. The fourth-order valence-electron chi connectivity index (χ4n) is 4.23. The van der Waals surface area contributed by atoms with E-state index in [0.29, 0.717) is 27.8 Å². The van der Waals surface area contributed by atoms with E-state index in [4.69, 9.17) is 0 Å². The molecular formula is C32H30N6O4S2. The number of sulfonamides is 1. The van der Waals surface area contributed by atoms with E-state index < -0.39 is 21.8 Å². The highest BCUT2D eigenvalue weighted by atomic mass is 32.2. The van der Waals surface area contributed by atoms with Crippen LogP contribution < -0.4 is 15.6 Å². The lowest BCUT2D eigenvalue weighted by Gasteiger charge is -2.12. The van der Waals surface area contributed by atoms with Gasteiger partial charge in [0.15, 0.2) is 11.0 Å². The maximum atomic E-state index is 12.8. The van der Waals surface area contributed by atoms with E-state index in [1.54, 1.807) is 54.6 Å². The van der Waals surface area contributed by atoms with Gasteiger partial charge in [-0.1, -0.05) is 66.7 Å². The van der Waals surface area contributed by atoms with Crippen molar-refractivity contribution in [3.63, 3.8) is 0 Å². The Kier molecular flexibility index (Phi) is 9.41. The lowest BCUT2D eigenvalue weighted by Crippen LogP contribution is -2.42. The zero-order chi connectivity index (χ0) is 31.1. The van der Waals surface area contributed by atoms with Gasteiger partial charge < -0.3 is 0 Å². The number of carbonyl (C=O) groups is 2. The Bertz CT molecular complexity index is 1860. The summed E-state index contributed by atoms with van der Waals surface area (Å²) in [5.74, 6) is -0.343. The number of hydrogen-bond donors (Lipinski definition) is 3. The van der Waals surface area contributed by atoms with Crippen LogP contribution in [0, 0.1) is 6.92 Å². The fourth-order valence-corrected chi connectivity index (χ4v) is 6.07. The number of anilines is 1. The summed E-state index contributed by atoms with van der Waals surface area (Å²) < 4.78 is 29.9. The summed E-state index contributed by atoms with van der Waals surface area (Å²) in [6, 6.07) is 29.9. The van der Waals surface area contributed by atoms with Crippen molar-refractivity contribution in [2.75, 3.05) is 10.5 Å². The quantitative estimate of drug-likeness (QED) is 0.144. The molecule has 0 spiro atoms. The van der Waals surface area contributed by atoms with E-state index in [0.717, 1.165) is 23.2 Å². The topological polar surface area (TPSA) is 135 Å². The minimum atomic E-state index is -3.74. The third-order valence-corrected chi connectivity index (χ3v) is 8.97. The predicted octanol–water partition coefficient (Wildman–Crippen LogP) is 5.16. The van der Waals surface area contributed by atoms with Crippen LogP contribution in [0.4, 0.5) is 5.69 Å². The maximum absolute atomic E-state index is 12.8. The van der Waals surface area contributed by atoms with Gasteiger partial charge in [-0.2, -0.15) is 0 Å². The Hall–Kier alpha value is -4.94. The van der Waals surface area contributed by atoms with Crippen molar-refractivity contribution in [1.29, 1.82) is 0 Å². The molecule has 0 aliphatic carbocycles. The van der Waals surface area contributed by atoms with Gasteiger partial charge in [0.25, 0.3) is 15.9 Å². The third kappa shape index (κ3) is 7.33. The van der Waals surface area contributed by atoms with Gasteiger partial charge in [-0.3, -0.25) is 29.7 Å². The third-order valence-electron chi connectivity index (χ3n) is 6.65. The van der Waals surface area contributed by atoms with Gasteiger partial charge in [0.2, 0.25) is 5.91 Å². The van der Waals surface area contributed by atoms with E-state index in [1.807, 2.05) is 47.9 Å². The molecule has 0 unspecified atom stereocenters. The average molecular weight is 627 g/mol. The molecule has 0 atom stereocenters. The molecule has 0 aliphatic heterocycles. The van der Waals surface area contributed by atoms with E-state index >= 15 is 0 Å². The lowest BCUT2D eigenvalue weighted by atomic mass is 10.1. The average Bonchev–Trinajstić information content (AvgIpc) is 3.47. The molecule has 1 aromatic heterocycles. The zero-order valence-corrected chi connectivity index (χ0v) is 25.7. The lowest BCUT2D eigenvalue weighted by molar-refractivity contribution is -0.119. The molecule has 5 rings (SSSR count). The number of benzene rings is 4. The number of rotatable bonds is 10. The monoisotopic (exact) mass is 626 g/mol. The minimum Gasteiger partial charge on any atom is -0.280 e. The van der Waals surface area contributed by atoms with Crippen LogP contribution in [-0.4, -0.2) is 40.7 Å². The molecule has 0 bridgehead atoms. The van der Waals surface area contributed by atoms with Gasteiger partial charge >= 0.3 is 0 Å². The fraction of sp³-hybridized carbons (Fsp3) is 0.125. The molecule has 5 aromatic rings. The van der Waals surface area contributed by atoms with Crippen LogP contribution in [0.3, 0.4) is 0 Å². The molecule has 0 saturated heterocycles. The molecular weight excluding hydrogens is 597 g/mol.